The summed E-state index contributed by atoms with van der Waals surface area (Å²) in [4.78, 5) is 12.2. The fraction of sp³-hybridized carbons (Fsp3) is 0.562. The van der Waals surface area contributed by atoms with Crippen LogP contribution < -0.4 is 5.32 Å². The van der Waals surface area contributed by atoms with E-state index in [-0.39, 0.29) is 11.9 Å². The number of benzene rings is 1. The van der Waals surface area contributed by atoms with E-state index in [4.69, 9.17) is 0 Å². The summed E-state index contributed by atoms with van der Waals surface area (Å²) >= 11 is 1.64. The summed E-state index contributed by atoms with van der Waals surface area (Å²) in [6, 6.07) is 8.46. The van der Waals surface area contributed by atoms with Gasteiger partial charge in [0.1, 0.15) is 0 Å². The molecule has 0 unspecified atom stereocenters. The van der Waals surface area contributed by atoms with Gasteiger partial charge in [0, 0.05) is 11.8 Å². The zero-order valence-corrected chi connectivity index (χ0v) is 13.0. The van der Waals surface area contributed by atoms with Crippen LogP contribution in [-0.4, -0.2) is 34.2 Å². The molecule has 1 aliphatic rings. The molecule has 1 amide bonds. The lowest BCUT2D eigenvalue weighted by Gasteiger charge is -2.25. The van der Waals surface area contributed by atoms with Gasteiger partial charge < -0.3 is 10.4 Å². The van der Waals surface area contributed by atoms with Gasteiger partial charge in [-0.1, -0.05) is 36.8 Å². The molecule has 0 bridgehead atoms. The van der Waals surface area contributed by atoms with Crippen molar-refractivity contribution >= 4 is 17.7 Å². The quantitative estimate of drug-likeness (QED) is 0.876. The van der Waals surface area contributed by atoms with E-state index >= 15 is 0 Å². The van der Waals surface area contributed by atoms with Crippen LogP contribution in [0.5, 0.6) is 0 Å². The first-order valence-electron chi connectivity index (χ1n) is 7.20. The average molecular weight is 293 g/mol. The highest BCUT2D eigenvalue weighted by Crippen LogP contribution is 2.28. The lowest BCUT2D eigenvalue weighted by molar-refractivity contribution is -0.138. The van der Waals surface area contributed by atoms with Crippen molar-refractivity contribution < 1.29 is 9.90 Å². The minimum atomic E-state index is -1.16. The van der Waals surface area contributed by atoms with Crippen molar-refractivity contribution in [2.24, 2.45) is 0 Å². The summed E-state index contributed by atoms with van der Waals surface area (Å²) in [5, 5.41) is 13.3. The Morgan fingerprint density at radius 3 is 2.70 bits per heavy atom. The molecule has 2 rings (SSSR count). The molecule has 2 atom stereocenters. The molecule has 1 saturated heterocycles. The molecule has 0 aliphatic carbocycles. The third-order valence-electron chi connectivity index (χ3n) is 3.85. The fourth-order valence-electron chi connectivity index (χ4n) is 2.36. The molecule has 1 fully saturated rings. The minimum absolute atomic E-state index is 0.0832. The number of carbonyl (C=O) groups is 1. The van der Waals surface area contributed by atoms with Crippen LogP contribution in [0.1, 0.15) is 30.9 Å². The van der Waals surface area contributed by atoms with E-state index in [2.05, 4.69) is 43.4 Å². The molecule has 2 N–H and O–H groups in total. The Balaban J connectivity index is 1.95. The van der Waals surface area contributed by atoms with Crippen LogP contribution in [0, 0.1) is 6.92 Å². The largest absolute Gasteiger partial charge is 0.379 e. The number of hydrogen-bond donors (Lipinski definition) is 2. The number of amides is 1. The van der Waals surface area contributed by atoms with Crippen LogP contribution in [0.2, 0.25) is 0 Å². The van der Waals surface area contributed by atoms with Crippen molar-refractivity contribution in [3.8, 4) is 0 Å². The van der Waals surface area contributed by atoms with E-state index in [0.717, 1.165) is 18.6 Å². The van der Waals surface area contributed by atoms with Gasteiger partial charge in [-0.15, -0.1) is 0 Å². The van der Waals surface area contributed by atoms with E-state index in [1.807, 2.05) is 0 Å². The fourth-order valence-corrected chi connectivity index (χ4v) is 3.60. The molecule has 0 spiro atoms. The second-order valence-corrected chi connectivity index (χ2v) is 6.71. The van der Waals surface area contributed by atoms with Crippen molar-refractivity contribution in [2.45, 2.75) is 44.8 Å². The molecule has 1 aliphatic heterocycles. The molecule has 0 aromatic heterocycles. The second-order valence-electron chi connectivity index (χ2n) is 5.60. The molecular weight excluding hydrogens is 270 g/mol. The Kier molecular flexibility index (Phi) is 5.11. The first-order chi connectivity index (χ1) is 9.53. The number of rotatable bonds is 5. The minimum Gasteiger partial charge on any atom is -0.379 e. The van der Waals surface area contributed by atoms with Crippen LogP contribution >= 0.6 is 11.8 Å². The van der Waals surface area contributed by atoms with Crippen molar-refractivity contribution in [3.05, 3.63) is 35.4 Å². The molecule has 0 radical (unpaired) electrons. The number of carbonyl (C=O) groups excluding carboxylic acids is 1. The number of aryl methyl sites for hydroxylation is 1. The number of nitrogens with one attached hydrogen (secondary N) is 1. The van der Waals surface area contributed by atoms with Gasteiger partial charge in [-0.05, 0) is 37.5 Å². The number of thioether (sulfide) groups is 1. The summed E-state index contributed by atoms with van der Waals surface area (Å²) in [6.07, 6.45) is 2.24. The summed E-state index contributed by atoms with van der Waals surface area (Å²) in [7, 11) is 0. The topological polar surface area (TPSA) is 49.3 Å². The third-order valence-corrected chi connectivity index (χ3v) is 5.03. The van der Waals surface area contributed by atoms with Crippen molar-refractivity contribution in [3.63, 3.8) is 0 Å². The highest BCUT2D eigenvalue weighted by Gasteiger charge is 2.39. The highest BCUT2D eigenvalue weighted by atomic mass is 32.2. The van der Waals surface area contributed by atoms with Gasteiger partial charge in [0.25, 0.3) is 5.91 Å². The summed E-state index contributed by atoms with van der Waals surface area (Å²) in [5.74, 6) is 1.17. The van der Waals surface area contributed by atoms with Crippen LogP contribution in [0.25, 0.3) is 0 Å². The Labute approximate surface area is 125 Å². The van der Waals surface area contributed by atoms with Gasteiger partial charge >= 0.3 is 0 Å². The van der Waals surface area contributed by atoms with E-state index in [1.54, 1.807) is 11.8 Å². The predicted octanol–water partition coefficient (Wildman–Crippen LogP) is 2.30. The van der Waals surface area contributed by atoms with Gasteiger partial charge in [-0.3, -0.25) is 4.79 Å². The van der Waals surface area contributed by atoms with Gasteiger partial charge in [0.2, 0.25) is 0 Å². The molecule has 1 aromatic carbocycles. The number of aliphatic hydroxyl groups is 1. The van der Waals surface area contributed by atoms with E-state index < -0.39 is 5.60 Å². The van der Waals surface area contributed by atoms with E-state index in [1.165, 1.54) is 11.1 Å². The standard InChI is InChI=1S/C16H23NO2S/c1-3-14(10-13-6-4-12(2)5-7-13)17-15(18)16(19)8-9-20-11-16/h4-7,14,19H,3,8-11H2,1-2H3,(H,17,18)/t14-,16+/m0/s1. The molecule has 110 valence electrons. The first-order valence-corrected chi connectivity index (χ1v) is 8.35. The van der Waals surface area contributed by atoms with E-state index in [9.17, 15) is 9.90 Å². The Morgan fingerprint density at radius 2 is 2.15 bits per heavy atom. The van der Waals surface area contributed by atoms with Gasteiger partial charge in [0.15, 0.2) is 5.60 Å². The molecule has 1 aromatic rings. The van der Waals surface area contributed by atoms with Crippen LogP contribution in [0.4, 0.5) is 0 Å². The van der Waals surface area contributed by atoms with Crippen LogP contribution in [-0.2, 0) is 11.2 Å². The smallest absolute Gasteiger partial charge is 0.253 e. The van der Waals surface area contributed by atoms with Crippen LogP contribution in [0.15, 0.2) is 24.3 Å². The van der Waals surface area contributed by atoms with E-state index in [0.29, 0.717) is 12.2 Å². The van der Waals surface area contributed by atoms with Crippen molar-refractivity contribution in [2.75, 3.05) is 11.5 Å². The SMILES string of the molecule is CC[C@@H](Cc1ccc(C)cc1)NC(=O)[C@@]1(O)CCSC1. The van der Waals surface area contributed by atoms with Crippen LogP contribution in [0.3, 0.4) is 0 Å². The zero-order valence-electron chi connectivity index (χ0n) is 12.2. The molecular formula is C16H23NO2S. The second kappa shape index (κ2) is 6.64. The van der Waals surface area contributed by atoms with Gasteiger partial charge in [-0.2, -0.15) is 11.8 Å². The summed E-state index contributed by atoms with van der Waals surface area (Å²) in [5.41, 5.74) is 1.30. The maximum atomic E-state index is 12.2. The Hall–Kier alpha value is -1.000. The Morgan fingerprint density at radius 1 is 1.45 bits per heavy atom. The molecule has 0 saturated carbocycles. The van der Waals surface area contributed by atoms with Crippen molar-refractivity contribution in [1.82, 2.24) is 5.32 Å². The summed E-state index contributed by atoms with van der Waals surface area (Å²) < 4.78 is 0. The molecule has 4 heteroatoms. The average Bonchev–Trinajstić information content (AvgIpc) is 2.88. The van der Waals surface area contributed by atoms with Crippen molar-refractivity contribution in [1.29, 1.82) is 0 Å². The van der Waals surface area contributed by atoms with Gasteiger partial charge in [0.05, 0.1) is 0 Å². The lowest BCUT2D eigenvalue weighted by Crippen LogP contribution is -2.50. The monoisotopic (exact) mass is 293 g/mol. The zero-order chi connectivity index (χ0) is 14.6. The highest BCUT2D eigenvalue weighted by molar-refractivity contribution is 7.99. The number of hydrogen-bond acceptors (Lipinski definition) is 3. The maximum absolute atomic E-state index is 12.2. The first kappa shape index (κ1) is 15.4. The maximum Gasteiger partial charge on any atom is 0.253 e. The summed E-state index contributed by atoms with van der Waals surface area (Å²) in [6.45, 7) is 4.13. The molecule has 3 nitrogen and oxygen atoms in total. The lowest BCUT2D eigenvalue weighted by atomic mass is 9.99. The predicted molar refractivity (Wildman–Crippen MR) is 84.0 cm³/mol. The van der Waals surface area contributed by atoms with Gasteiger partial charge in [-0.25, -0.2) is 0 Å². The normalized spacial score (nSPS) is 23.6. The molecule has 20 heavy (non-hydrogen) atoms. The molecule has 1 heterocycles. The Bertz CT molecular complexity index is 452. The third kappa shape index (κ3) is 3.76.